The summed E-state index contributed by atoms with van der Waals surface area (Å²) >= 11 is 0. The molecule has 6 nitrogen and oxygen atoms in total. The topological polar surface area (TPSA) is 56.6 Å². The van der Waals surface area contributed by atoms with Crippen LogP contribution in [0.2, 0.25) is 0 Å². The van der Waals surface area contributed by atoms with Gasteiger partial charge in [0.15, 0.2) is 11.5 Å². The molecule has 3 heterocycles. The third-order valence-corrected chi connectivity index (χ3v) is 6.05. The van der Waals surface area contributed by atoms with Crippen LogP contribution in [-0.2, 0) is 13.0 Å². The normalized spacial score (nSPS) is 21.1. The minimum absolute atomic E-state index is 0.0412. The van der Waals surface area contributed by atoms with Crippen molar-refractivity contribution in [3.05, 3.63) is 41.2 Å². The maximum atomic E-state index is 13.3. The summed E-state index contributed by atoms with van der Waals surface area (Å²) in [7, 11) is 0. The molecule has 1 aromatic heterocycles. The van der Waals surface area contributed by atoms with Gasteiger partial charge in [0, 0.05) is 19.6 Å². The molecule has 1 atom stereocenters. The van der Waals surface area contributed by atoms with Gasteiger partial charge in [0.05, 0.1) is 5.69 Å². The van der Waals surface area contributed by atoms with Gasteiger partial charge in [0.25, 0.3) is 5.91 Å². The summed E-state index contributed by atoms with van der Waals surface area (Å²) in [5, 5.41) is 4.62. The van der Waals surface area contributed by atoms with Crippen molar-refractivity contribution in [1.82, 2.24) is 14.7 Å². The number of hydrogen-bond donors (Lipinski definition) is 0. The molecule has 2 aliphatic rings. The van der Waals surface area contributed by atoms with Gasteiger partial charge in [0.2, 0.25) is 6.79 Å². The number of hydrogen-bond acceptors (Lipinski definition) is 4. The average molecular weight is 398 g/mol. The first-order valence-electron chi connectivity index (χ1n) is 10.6. The second kappa shape index (κ2) is 7.73. The molecule has 1 aromatic carbocycles. The number of rotatable bonds is 5. The van der Waals surface area contributed by atoms with Crippen molar-refractivity contribution < 1.29 is 14.3 Å². The number of benzene rings is 1. The molecule has 1 fully saturated rings. The Kier molecular flexibility index (Phi) is 5.28. The Balaban J connectivity index is 1.51. The molecule has 2 aliphatic heterocycles. The van der Waals surface area contributed by atoms with Crippen LogP contribution in [-0.4, -0.2) is 40.5 Å². The molecule has 6 heteroatoms. The number of piperidine rings is 1. The van der Waals surface area contributed by atoms with Gasteiger partial charge in [-0.2, -0.15) is 5.10 Å². The number of carbonyl (C=O) groups is 1. The highest BCUT2D eigenvalue weighted by Gasteiger charge is 2.35. The first-order chi connectivity index (χ1) is 13.9. The fraction of sp³-hybridized carbons (Fsp3) is 0.565. The van der Waals surface area contributed by atoms with Crippen LogP contribution < -0.4 is 9.47 Å². The minimum atomic E-state index is 0.0412. The van der Waals surface area contributed by atoms with Crippen molar-refractivity contribution >= 4 is 5.91 Å². The fourth-order valence-electron chi connectivity index (χ4n) is 4.47. The van der Waals surface area contributed by atoms with Crippen molar-refractivity contribution in [2.24, 2.45) is 5.41 Å². The predicted molar refractivity (Wildman–Crippen MR) is 112 cm³/mol. The van der Waals surface area contributed by atoms with Crippen molar-refractivity contribution in [1.29, 1.82) is 0 Å². The van der Waals surface area contributed by atoms with Crippen molar-refractivity contribution in [2.45, 2.75) is 59.4 Å². The molecule has 0 radical (unpaired) electrons. The van der Waals surface area contributed by atoms with Crippen LogP contribution in [0.5, 0.6) is 11.5 Å². The number of amides is 1. The van der Waals surface area contributed by atoms with Gasteiger partial charge >= 0.3 is 0 Å². The Morgan fingerprint density at radius 2 is 2.03 bits per heavy atom. The van der Waals surface area contributed by atoms with E-state index in [-0.39, 0.29) is 11.3 Å². The number of ether oxygens (including phenoxy) is 2. The second-order valence-electron chi connectivity index (χ2n) is 8.93. The largest absolute Gasteiger partial charge is 0.454 e. The quantitative estimate of drug-likeness (QED) is 0.757. The number of aromatic nitrogens is 2. The lowest BCUT2D eigenvalue weighted by molar-refractivity contribution is 0.0539. The van der Waals surface area contributed by atoms with E-state index in [1.165, 1.54) is 5.56 Å². The van der Waals surface area contributed by atoms with E-state index < -0.39 is 0 Å². The van der Waals surface area contributed by atoms with Crippen LogP contribution in [0.15, 0.2) is 24.3 Å². The summed E-state index contributed by atoms with van der Waals surface area (Å²) < 4.78 is 12.8. The van der Waals surface area contributed by atoms with E-state index in [9.17, 15) is 4.79 Å². The van der Waals surface area contributed by atoms with Crippen LogP contribution >= 0.6 is 0 Å². The lowest BCUT2D eigenvalue weighted by Gasteiger charge is -2.40. The maximum absolute atomic E-state index is 13.3. The number of fused-ring (bicyclic) bond motifs is 1. The first kappa shape index (κ1) is 19.8. The smallest absolute Gasteiger partial charge is 0.272 e. The average Bonchev–Trinajstić information content (AvgIpc) is 3.33. The van der Waals surface area contributed by atoms with Gasteiger partial charge in [0.1, 0.15) is 5.69 Å². The minimum Gasteiger partial charge on any atom is -0.454 e. The lowest BCUT2D eigenvalue weighted by atomic mass is 9.77. The molecule has 2 aromatic rings. The van der Waals surface area contributed by atoms with Gasteiger partial charge in [-0.15, -0.1) is 0 Å². The number of carbonyl (C=O) groups excluding carboxylic acids is 1. The summed E-state index contributed by atoms with van der Waals surface area (Å²) in [6.45, 7) is 11.1. The van der Waals surface area contributed by atoms with Crippen LogP contribution in [0.3, 0.4) is 0 Å². The molecule has 0 saturated carbocycles. The van der Waals surface area contributed by atoms with Crippen molar-refractivity contribution in [2.75, 3.05) is 19.9 Å². The molecule has 156 valence electrons. The van der Waals surface area contributed by atoms with Gasteiger partial charge in [-0.05, 0) is 61.3 Å². The zero-order valence-corrected chi connectivity index (χ0v) is 17.9. The summed E-state index contributed by atoms with van der Waals surface area (Å²) in [6.07, 6.45) is 3.04. The summed E-state index contributed by atoms with van der Waals surface area (Å²) in [6, 6.07) is 8.15. The molecular formula is C23H31N3O3. The van der Waals surface area contributed by atoms with Crippen LogP contribution in [0.1, 0.15) is 68.2 Å². The van der Waals surface area contributed by atoms with Gasteiger partial charge in [-0.1, -0.05) is 26.8 Å². The monoisotopic (exact) mass is 397 g/mol. The highest BCUT2D eigenvalue weighted by molar-refractivity contribution is 5.92. The maximum Gasteiger partial charge on any atom is 0.272 e. The zero-order valence-electron chi connectivity index (χ0n) is 17.9. The SMILES string of the molecule is CCn1nc(C(C)C)cc1C(=O)N1CCC[C@@](C)(Cc2ccc3c(c2)OCO3)C1. The van der Waals surface area contributed by atoms with E-state index in [1.54, 1.807) is 0 Å². The van der Waals surface area contributed by atoms with Gasteiger partial charge in [-0.25, -0.2) is 0 Å². The fourth-order valence-corrected chi connectivity index (χ4v) is 4.47. The molecule has 1 saturated heterocycles. The van der Waals surface area contributed by atoms with E-state index in [0.29, 0.717) is 24.9 Å². The lowest BCUT2D eigenvalue weighted by Crippen LogP contribution is -2.46. The molecule has 0 aliphatic carbocycles. The summed E-state index contributed by atoms with van der Waals surface area (Å²) in [5.41, 5.74) is 2.96. The molecule has 0 bridgehead atoms. The van der Waals surface area contributed by atoms with E-state index in [2.05, 4.69) is 38.0 Å². The van der Waals surface area contributed by atoms with Crippen LogP contribution in [0.4, 0.5) is 0 Å². The molecule has 1 amide bonds. The Morgan fingerprint density at radius 3 is 2.79 bits per heavy atom. The zero-order chi connectivity index (χ0) is 20.6. The Labute approximate surface area is 172 Å². The predicted octanol–water partition coefficient (Wildman–Crippen LogP) is 4.24. The van der Waals surface area contributed by atoms with Crippen LogP contribution in [0, 0.1) is 5.41 Å². The molecular weight excluding hydrogens is 366 g/mol. The Morgan fingerprint density at radius 1 is 1.24 bits per heavy atom. The summed E-state index contributed by atoms with van der Waals surface area (Å²) in [4.78, 5) is 15.4. The van der Waals surface area contributed by atoms with Gasteiger partial charge in [-0.3, -0.25) is 9.48 Å². The molecule has 0 N–H and O–H groups in total. The Hall–Kier alpha value is -2.50. The Bertz CT molecular complexity index is 905. The molecule has 0 unspecified atom stereocenters. The number of nitrogens with zero attached hydrogens (tertiary/aromatic N) is 3. The van der Waals surface area contributed by atoms with Crippen molar-refractivity contribution in [3.8, 4) is 11.5 Å². The van der Waals surface area contributed by atoms with E-state index in [4.69, 9.17) is 9.47 Å². The summed E-state index contributed by atoms with van der Waals surface area (Å²) in [5.74, 6) is 2.05. The third-order valence-electron chi connectivity index (χ3n) is 6.05. The molecule has 0 spiro atoms. The number of likely N-dealkylation sites (tertiary alicyclic amines) is 1. The molecule has 29 heavy (non-hydrogen) atoms. The van der Waals surface area contributed by atoms with Crippen LogP contribution in [0.25, 0.3) is 0 Å². The standard InChI is InChI=1S/C23H31N3O3/c1-5-26-19(12-18(24-26)16(2)3)22(27)25-10-6-9-23(4,14-25)13-17-7-8-20-21(11-17)29-15-28-20/h7-8,11-12,16H,5-6,9-10,13-15H2,1-4H3/t23-/m0/s1. The highest BCUT2D eigenvalue weighted by atomic mass is 16.7. The number of aryl methyl sites for hydroxylation is 1. The van der Waals surface area contributed by atoms with Crippen molar-refractivity contribution in [3.63, 3.8) is 0 Å². The first-order valence-corrected chi connectivity index (χ1v) is 10.6. The third kappa shape index (κ3) is 3.98. The molecule has 4 rings (SSSR count). The van der Waals surface area contributed by atoms with E-state index in [0.717, 1.165) is 49.5 Å². The van der Waals surface area contributed by atoms with E-state index in [1.807, 2.05) is 28.6 Å². The van der Waals surface area contributed by atoms with E-state index >= 15 is 0 Å². The highest BCUT2D eigenvalue weighted by Crippen LogP contribution is 2.38. The van der Waals surface area contributed by atoms with Gasteiger partial charge < -0.3 is 14.4 Å². The second-order valence-corrected chi connectivity index (χ2v) is 8.93.